The molecule has 2 aromatic heterocycles. The fraction of sp³-hybridized carbons (Fsp3) is 0.542. The summed E-state index contributed by atoms with van der Waals surface area (Å²) in [4.78, 5) is 19.1. The largest absolute Gasteiger partial charge is 0.486 e. The molecule has 12 heteroatoms. The van der Waals surface area contributed by atoms with E-state index in [9.17, 15) is 8.42 Å². The molecule has 1 atom stereocenters. The van der Waals surface area contributed by atoms with Crippen molar-refractivity contribution in [3.63, 3.8) is 0 Å². The van der Waals surface area contributed by atoms with Gasteiger partial charge in [-0.25, -0.2) is 23.0 Å². The number of ether oxygens (including phenoxy) is 3. The van der Waals surface area contributed by atoms with Crippen molar-refractivity contribution in [1.29, 1.82) is 0 Å². The van der Waals surface area contributed by atoms with E-state index in [0.717, 1.165) is 11.0 Å². The van der Waals surface area contributed by atoms with E-state index in [4.69, 9.17) is 29.2 Å². The Morgan fingerprint density at radius 1 is 0.972 bits per heavy atom. The lowest BCUT2D eigenvalue weighted by Gasteiger charge is -2.41. The number of aromatic nitrogens is 4. The van der Waals surface area contributed by atoms with Crippen LogP contribution in [0.3, 0.4) is 0 Å². The van der Waals surface area contributed by atoms with Gasteiger partial charge in [-0.05, 0) is 26.0 Å². The predicted molar refractivity (Wildman–Crippen MR) is 135 cm³/mol. The molecule has 0 amide bonds. The summed E-state index contributed by atoms with van der Waals surface area (Å²) >= 11 is 0. The van der Waals surface area contributed by atoms with Crippen LogP contribution in [0.5, 0.6) is 5.75 Å². The van der Waals surface area contributed by atoms with Crippen molar-refractivity contribution in [2.75, 3.05) is 68.7 Å². The minimum atomic E-state index is -3.54. The van der Waals surface area contributed by atoms with Gasteiger partial charge in [0.05, 0.1) is 43.5 Å². The maximum atomic E-state index is 13.0. The highest BCUT2D eigenvalue weighted by molar-refractivity contribution is 7.91. The standard InChI is InChI=1S/C24H30N6O5S/c1-24(2,36(3,31)32)20-19-21(29-10-13-34-14-16(29)15-35-19)27-22(26-20)30-18-7-5-4-6-17(18)25-23(30)28-8-11-33-12-9-28/h4-7,16H,8-15H2,1-3H3. The smallest absolute Gasteiger partial charge is 0.239 e. The highest BCUT2D eigenvalue weighted by Crippen LogP contribution is 2.43. The molecule has 5 heterocycles. The van der Waals surface area contributed by atoms with Crippen molar-refractivity contribution in [3.05, 3.63) is 30.0 Å². The number of benzene rings is 1. The summed E-state index contributed by atoms with van der Waals surface area (Å²) in [6.45, 7) is 8.01. The summed E-state index contributed by atoms with van der Waals surface area (Å²) in [5, 5.41) is 0. The molecule has 0 bridgehead atoms. The Hall–Kier alpha value is -2.96. The monoisotopic (exact) mass is 514 g/mol. The molecule has 1 aromatic carbocycles. The van der Waals surface area contributed by atoms with Crippen LogP contribution in [0.1, 0.15) is 19.5 Å². The number of morpholine rings is 2. The summed E-state index contributed by atoms with van der Waals surface area (Å²) in [6.07, 6.45) is 1.23. The first-order valence-corrected chi connectivity index (χ1v) is 14.0. The molecule has 0 saturated carbocycles. The average Bonchev–Trinajstić information content (AvgIpc) is 3.27. The Labute approximate surface area is 209 Å². The minimum Gasteiger partial charge on any atom is -0.486 e. The van der Waals surface area contributed by atoms with Gasteiger partial charge in [0.2, 0.25) is 11.9 Å². The average molecular weight is 515 g/mol. The van der Waals surface area contributed by atoms with Crippen LogP contribution < -0.4 is 14.5 Å². The van der Waals surface area contributed by atoms with Crippen LogP contribution in [-0.2, 0) is 24.1 Å². The van der Waals surface area contributed by atoms with Crippen LogP contribution in [0.25, 0.3) is 17.0 Å². The van der Waals surface area contributed by atoms with E-state index in [-0.39, 0.29) is 6.04 Å². The second-order valence-electron chi connectivity index (χ2n) is 9.88. The van der Waals surface area contributed by atoms with Gasteiger partial charge in [0.15, 0.2) is 21.4 Å². The number of fused-ring (bicyclic) bond motifs is 4. The highest BCUT2D eigenvalue weighted by atomic mass is 32.2. The predicted octanol–water partition coefficient (Wildman–Crippen LogP) is 1.53. The van der Waals surface area contributed by atoms with Gasteiger partial charge >= 0.3 is 0 Å². The van der Waals surface area contributed by atoms with E-state index in [0.29, 0.717) is 81.8 Å². The topological polar surface area (TPSA) is 112 Å². The van der Waals surface area contributed by atoms with Gasteiger partial charge in [0, 0.05) is 25.9 Å². The molecule has 0 N–H and O–H groups in total. The summed E-state index contributed by atoms with van der Waals surface area (Å²) in [5.41, 5.74) is 2.00. The number of hydrogen-bond donors (Lipinski definition) is 0. The van der Waals surface area contributed by atoms with Crippen LogP contribution >= 0.6 is 0 Å². The fourth-order valence-corrected chi connectivity index (χ4v) is 5.37. The van der Waals surface area contributed by atoms with Crippen molar-refractivity contribution in [2.45, 2.75) is 24.6 Å². The lowest BCUT2D eigenvalue weighted by atomic mass is 10.1. The fourth-order valence-electron chi connectivity index (χ4n) is 4.88. The third-order valence-corrected chi connectivity index (χ3v) is 9.34. The van der Waals surface area contributed by atoms with Crippen LogP contribution in [0.2, 0.25) is 0 Å². The van der Waals surface area contributed by atoms with Crippen molar-refractivity contribution in [3.8, 4) is 11.7 Å². The Balaban J connectivity index is 1.62. The lowest BCUT2D eigenvalue weighted by molar-refractivity contribution is 0.0691. The normalized spacial score (nSPS) is 20.7. The zero-order chi connectivity index (χ0) is 25.1. The lowest BCUT2D eigenvalue weighted by Crippen LogP contribution is -2.52. The first-order valence-electron chi connectivity index (χ1n) is 12.2. The van der Waals surface area contributed by atoms with E-state index in [1.807, 2.05) is 28.8 Å². The second kappa shape index (κ2) is 8.56. The molecule has 2 saturated heterocycles. The van der Waals surface area contributed by atoms with Crippen LogP contribution in [-0.4, -0.2) is 92.9 Å². The molecule has 3 aliphatic heterocycles. The maximum Gasteiger partial charge on any atom is 0.239 e. The second-order valence-corrected chi connectivity index (χ2v) is 12.4. The zero-order valence-electron chi connectivity index (χ0n) is 20.7. The van der Waals surface area contributed by atoms with Crippen molar-refractivity contribution in [2.24, 2.45) is 0 Å². The molecule has 11 nitrogen and oxygen atoms in total. The van der Waals surface area contributed by atoms with Crippen molar-refractivity contribution >= 4 is 32.6 Å². The molecule has 3 aliphatic rings. The first kappa shape index (κ1) is 23.4. The van der Waals surface area contributed by atoms with Crippen molar-refractivity contribution in [1.82, 2.24) is 19.5 Å². The highest BCUT2D eigenvalue weighted by Gasteiger charge is 2.43. The van der Waals surface area contributed by atoms with Crippen LogP contribution in [0.4, 0.5) is 11.8 Å². The van der Waals surface area contributed by atoms with E-state index in [1.54, 1.807) is 13.8 Å². The summed E-state index contributed by atoms with van der Waals surface area (Å²) < 4.78 is 43.9. The Morgan fingerprint density at radius 2 is 1.72 bits per heavy atom. The number of rotatable bonds is 4. The molecule has 0 aliphatic carbocycles. The number of hydrogen-bond acceptors (Lipinski definition) is 10. The number of nitrogens with zero attached hydrogens (tertiary/aromatic N) is 6. The number of imidazole rings is 1. The molecule has 192 valence electrons. The van der Waals surface area contributed by atoms with Crippen molar-refractivity contribution < 1.29 is 22.6 Å². The number of anilines is 2. The third kappa shape index (κ3) is 3.70. The third-order valence-electron chi connectivity index (χ3n) is 7.29. The van der Waals surface area contributed by atoms with Gasteiger partial charge in [-0.2, -0.15) is 4.98 Å². The Morgan fingerprint density at radius 3 is 2.50 bits per heavy atom. The Kier molecular flexibility index (Phi) is 5.58. The number of para-hydroxylation sites is 2. The van der Waals surface area contributed by atoms with E-state index < -0.39 is 14.6 Å². The molecule has 2 fully saturated rings. The van der Waals surface area contributed by atoms with E-state index in [1.165, 1.54) is 6.26 Å². The van der Waals surface area contributed by atoms with Gasteiger partial charge in [0.1, 0.15) is 17.0 Å². The molecule has 6 rings (SSSR count). The van der Waals surface area contributed by atoms with E-state index >= 15 is 0 Å². The maximum absolute atomic E-state index is 13.0. The van der Waals surface area contributed by atoms with E-state index in [2.05, 4.69) is 9.80 Å². The number of sulfone groups is 1. The SMILES string of the molecule is CC(C)(c1nc(-n2c(N3CCOCC3)nc3ccccc32)nc2c1OCC1COCCN21)S(C)(=O)=O. The molecular weight excluding hydrogens is 484 g/mol. The zero-order valence-corrected chi connectivity index (χ0v) is 21.5. The summed E-state index contributed by atoms with van der Waals surface area (Å²) in [6, 6.07) is 7.83. The minimum absolute atomic E-state index is 0.00133. The van der Waals surface area contributed by atoms with Gasteiger partial charge < -0.3 is 24.0 Å². The van der Waals surface area contributed by atoms with Gasteiger partial charge in [-0.15, -0.1) is 0 Å². The first-order chi connectivity index (χ1) is 17.3. The summed E-state index contributed by atoms with van der Waals surface area (Å²) in [7, 11) is -3.54. The molecule has 1 unspecified atom stereocenters. The van der Waals surface area contributed by atoms with Crippen LogP contribution in [0, 0.1) is 0 Å². The molecular formula is C24H30N6O5S. The molecule has 0 radical (unpaired) electrons. The Bertz CT molecular complexity index is 1420. The molecule has 36 heavy (non-hydrogen) atoms. The van der Waals surface area contributed by atoms with Crippen LogP contribution in [0.15, 0.2) is 24.3 Å². The van der Waals surface area contributed by atoms with Gasteiger partial charge in [0.25, 0.3) is 0 Å². The molecule has 0 spiro atoms. The van der Waals surface area contributed by atoms with Gasteiger partial charge in [-0.3, -0.25) is 0 Å². The van der Waals surface area contributed by atoms with Gasteiger partial charge in [-0.1, -0.05) is 12.1 Å². The summed E-state index contributed by atoms with van der Waals surface area (Å²) in [5.74, 6) is 2.09. The molecule has 3 aromatic rings. The quantitative estimate of drug-likeness (QED) is 0.508.